The number of nitrogens with one attached hydrogen (secondary N) is 3. The number of carbonyl (C=O) groups excluding carboxylic acids is 5. The number of hydrogen-bond donors (Lipinski definition) is 3. The third kappa shape index (κ3) is 19.4. The monoisotopic (exact) mass is 505 g/mol. The molecular formula is C22H39N3O10. The molecular weight excluding hydrogens is 466 g/mol. The van der Waals surface area contributed by atoms with Crippen LogP contribution in [-0.4, -0.2) is 109 Å². The molecule has 13 nitrogen and oxygen atoms in total. The number of hydrogen-bond acceptors (Lipinski definition) is 10. The molecule has 0 aromatic rings. The number of rotatable bonds is 23. The Hall–Kier alpha value is -2.61. The third-order valence-electron chi connectivity index (χ3n) is 4.42. The van der Waals surface area contributed by atoms with Crippen molar-refractivity contribution in [2.75, 3.05) is 73.1 Å². The molecule has 0 rings (SSSR count). The molecule has 1 atom stereocenters. The van der Waals surface area contributed by atoms with Gasteiger partial charge in [0.2, 0.25) is 18.2 Å². The fourth-order valence-electron chi connectivity index (χ4n) is 2.38. The third-order valence-corrected chi connectivity index (χ3v) is 4.42. The van der Waals surface area contributed by atoms with Gasteiger partial charge in [-0.15, -0.1) is 0 Å². The highest BCUT2D eigenvalue weighted by atomic mass is 16.5. The van der Waals surface area contributed by atoms with Gasteiger partial charge < -0.3 is 39.6 Å². The molecule has 0 fully saturated rings. The minimum absolute atomic E-state index is 0.0386. The summed E-state index contributed by atoms with van der Waals surface area (Å²) in [6.45, 7) is 5.87. The van der Waals surface area contributed by atoms with E-state index >= 15 is 0 Å². The molecule has 0 radical (unpaired) electrons. The molecule has 0 aliphatic heterocycles. The van der Waals surface area contributed by atoms with Gasteiger partial charge in [0.05, 0.1) is 46.8 Å². The van der Waals surface area contributed by atoms with Crippen molar-refractivity contribution in [1.29, 1.82) is 0 Å². The number of methoxy groups -OCH3 is 1. The van der Waals surface area contributed by atoms with E-state index in [2.05, 4.69) is 20.7 Å². The average Bonchev–Trinajstić information content (AvgIpc) is 2.84. The highest BCUT2D eigenvalue weighted by Crippen LogP contribution is 1.99. The Balaban J connectivity index is 3.52. The second kappa shape index (κ2) is 21.9. The molecule has 1 unspecified atom stereocenters. The zero-order valence-corrected chi connectivity index (χ0v) is 20.8. The molecule has 0 heterocycles. The van der Waals surface area contributed by atoms with Crippen LogP contribution in [0.2, 0.25) is 0 Å². The van der Waals surface area contributed by atoms with Crippen LogP contribution < -0.4 is 16.0 Å². The van der Waals surface area contributed by atoms with Crippen LogP contribution >= 0.6 is 0 Å². The van der Waals surface area contributed by atoms with Crippen LogP contribution in [-0.2, 0) is 47.7 Å². The summed E-state index contributed by atoms with van der Waals surface area (Å²) in [7, 11) is 1.20. The van der Waals surface area contributed by atoms with Crippen molar-refractivity contribution in [3.8, 4) is 0 Å². The van der Waals surface area contributed by atoms with Crippen LogP contribution in [0.5, 0.6) is 0 Å². The largest absolute Gasteiger partial charge is 0.467 e. The van der Waals surface area contributed by atoms with E-state index in [9.17, 15) is 24.0 Å². The summed E-state index contributed by atoms with van der Waals surface area (Å²) < 4.78 is 25.5. The zero-order chi connectivity index (χ0) is 26.3. The van der Waals surface area contributed by atoms with Gasteiger partial charge in [0.15, 0.2) is 5.78 Å². The summed E-state index contributed by atoms with van der Waals surface area (Å²) in [6, 6.07) is -0.867. The predicted octanol–water partition coefficient (Wildman–Crippen LogP) is -1.42. The Kier molecular flexibility index (Phi) is 20.3. The smallest absolute Gasteiger partial charge is 0.328 e. The standard InChI is InChI=1S/C22H39N3O10/c1-17(2)19(27)14-34-12-10-33-9-7-24-21(29)15-35-13-11-32-8-6-23-20(28)5-4-18(25-16-26)22(30)31-3/h16-18H,4-15H2,1-3H3,(H,23,28)(H,24,29)(H,25,26). The van der Waals surface area contributed by atoms with Gasteiger partial charge in [0.25, 0.3) is 0 Å². The molecule has 0 bridgehead atoms. The first-order valence-corrected chi connectivity index (χ1v) is 11.5. The second-order valence-electron chi connectivity index (χ2n) is 7.55. The average molecular weight is 506 g/mol. The first-order chi connectivity index (χ1) is 16.8. The van der Waals surface area contributed by atoms with E-state index < -0.39 is 12.0 Å². The molecule has 0 saturated carbocycles. The quantitative estimate of drug-likeness (QED) is 0.0851. The van der Waals surface area contributed by atoms with Crippen molar-refractivity contribution in [2.45, 2.75) is 32.7 Å². The minimum atomic E-state index is -0.867. The molecule has 0 aromatic carbocycles. The number of amides is 3. The molecule has 13 heteroatoms. The molecule has 35 heavy (non-hydrogen) atoms. The van der Waals surface area contributed by atoms with Crippen LogP contribution in [0.1, 0.15) is 26.7 Å². The lowest BCUT2D eigenvalue weighted by Gasteiger charge is -2.13. The van der Waals surface area contributed by atoms with E-state index in [0.29, 0.717) is 32.8 Å². The molecule has 0 aromatic heterocycles. The number of ether oxygens (including phenoxy) is 5. The maximum Gasteiger partial charge on any atom is 0.328 e. The normalized spacial score (nSPS) is 11.5. The van der Waals surface area contributed by atoms with Gasteiger partial charge in [-0.2, -0.15) is 0 Å². The molecule has 3 amide bonds. The molecule has 3 N–H and O–H groups in total. The Morgan fingerprint density at radius 2 is 1.31 bits per heavy atom. The summed E-state index contributed by atoms with van der Waals surface area (Å²) in [6.07, 6.45) is 0.540. The number of carbonyl (C=O) groups is 5. The Labute approximate surface area is 205 Å². The van der Waals surface area contributed by atoms with Crippen molar-refractivity contribution >= 4 is 30.0 Å². The first kappa shape index (κ1) is 32.4. The maximum atomic E-state index is 11.8. The summed E-state index contributed by atoms with van der Waals surface area (Å²) in [5, 5.41) is 7.57. The van der Waals surface area contributed by atoms with Crippen molar-refractivity contribution in [2.24, 2.45) is 5.92 Å². The molecule has 0 aliphatic rings. The van der Waals surface area contributed by atoms with Crippen LogP contribution in [0.3, 0.4) is 0 Å². The summed E-state index contributed by atoms with van der Waals surface area (Å²) >= 11 is 0. The van der Waals surface area contributed by atoms with Gasteiger partial charge in [-0.1, -0.05) is 13.8 Å². The number of Topliss-reactive ketones (excluding diaryl/α,β-unsaturated/α-hetero) is 1. The first-order valence-electron chi connectivity index (χ1n) is 11.5. The number of esters is 1. The SMILES string of the molecule is COC(=O)C(CCC(=O)NCCOCCOCC(=O)NCCOCCOCC(=O)C(C)C)NC=O. The van der Waals surface area contributed by atoms with Gasteiger partial charge in [-0.3, -0.25) is 19.2 Å². The van der Waals surface area contributed by atoms with Crippen molar-refractivity contribution in [1.82, 2.24) is 16.0 Å². The van der Waals surface area contributed by atoms with E-state index in [1.54, 1.807) is 0 Å². The van der Waals surface area contributed by atoms with Crippen LogP contribution in [0, 0.1) is 5.92 Å². The van der Waals surface area contributed by atoms with Gasteiger partial charge in [0.1, 0.15) is 19.3 Å². The highest BCUT2D eigenvalue weighted by molar-refractivity contribution is 5.81. The summed E-state index contributed by atoms with van der Waals surface area (Å²) in [4.78, 5) is 56.7. The van der Waals surface area contributed by atoms with Crippen LogP contribution in [0.15, 0.2) is 0 Å². The fourth-order valence-corrected chi connectivity index (χ4v) is 2.38. The second-order valence-corrected chi connectivity index (χ2v) is 7.55. The van der Waals surface area contributed by atoms with E-state index in [4.69, 9.17) is 18.9 Å². The molecule has 0 aliphatic carbocycles. The Morgan fingerprint density at radius 3 is 1.86 bits per heavy atom. The maximum absolute atomic E-state index is 11.8. The topological polar surface area (TPSA) is 168 Å². The predicted molar refractivity (Wildman–Crippen MR) is 123 cm³/mol. The van der Waals surface area contributed by atoms with Gasteiger partial charge >= 0.3 is 5.97 Å². The van der Waals surface area contributed by atoms with E-state index in [-0.39, 0.29) is 75.9 Å². The van der Waals surface area contributed by atoms with E-state index in [1.165, 1.54) is 7.11 Å². The number of ketones is 1. The highest BCUT2D eigenvalue weighted by Gasteiger charge is 2.19. The minimum Gasteiger partial charge on any atom is -0.467 e. The lowest BCUT2D eigenvalue weighted by Crippen LogP contribution is -2.38. The lowest BCUT2D eigenvalue weighted by molar-refractivity contribution is -0.144. The summed E-state index contributed by atoms with van der Waals surface area (Å²) in [5.74, 6) is -1.20. The Morgan fingerprint density at radius 1 is 0.771 bits per heavy atom. The Bertz CT molecular complexity index is 631. The van der Waals surface area contributed by atoms with E-state index in [0.717, 1.165) is 0 Å². The van der Waals surface area contributed by atoms with Gasteiger partial charge in [-0.25, -0.2) is 4.79 Å². The summed E-state index contributed by atoms with van der Waals surface area (Å²) in [5.41, 5.74) is 0. The van der Waals surface area contributed by atoms with Crippen LogP contribution in [0.4, 0.5) is 0 Å². The molecule has 0 saturated heterocycles. The molecule has 202 valence electrons. The lowest BCUT2D eigenvalue weighted by atomic mass is 10.1. The van der Waals surface area contributed by atoms with Gasteiger partial charge in [0, 0.05) is 25.4 Å². The van der Waals surface area contributed by atoms with Crippen LogP contribution in [0.25, 0.3) is 0 Å². The van der Waals surface area contributed by atoms with Crippen molar-refractivity contribution in [3.05, 3.63) is 0 Å². The van der Waals surface area contributed by atoms with Crippen molar-refractivity contribution in [3.63, 3.8) is 0 Å². The molecule has 0 spiro atoms. The van der Waals surface area contributed by atoms with Crippen molar-refractivity contribution < 1.29 is 47.7 Å². The fraction of sp³-hybridized carbons (Fsp3) is 0.773. The van der Waals surface area contributed by atoms with Gasteiger partial charge in [-0.05, 0) is 6.42 Å². The zero-order valence-electron chi connectivity index (χ0n) is 20.8. The van der Waals surface area contributed by atoms with E-state index in [1.807, 2.05) is 13.8 Å².